The van der Waals surface area contributed by atoms with Crippen molar-refractivity contribution in [1.29, 1.82) is 0 Å². The number of aryl methyl sites for hydroxylation is 5. The van der Waals surface area contributed by atoms with Crippen molar-refractivity contribution in [2.24, 2.45) is 0 Å². The number of hydrogen-bond donors (Lipinski definition) is 0. The van der Waals surface area contributed by atoms with E-state index in [-0.39, 0.29) is 0 Å². The van der Waals surface area contributed by atoms with Crippen molar-refractivity contribution in [3.05, 3.63) is 174 Å². The Balaban J connectivity index is 1.36. The van der Waals surface area contributed by atoms with Crippen LogP contribution in [0.25, 0.3) is 88.6 Å². The molecule has 0 bridgehead atoms. The second-order valence-corrected chi connectivity index (χ2v) is 14.8. The molecule has 0 unspecified atom stereocenters. The van der Waals surface area contributed by atoms with Crippen LogP contribution in [0.4, 0.5) is 0 Å². The number of rotatable bonds is 5. The summed E-state index contributed by atoms with van der Waals surface area (Å²) in [6.45, 7) is 10.4. The molecule has 3 heterocycles. The van der Waals surface area contributed by atoms with Gasteiger partial charge in [-0.15, -0.1) is 0 Å². The zero-order valence-corrected chi connectivity index (χ0v) is 31.6. The number of fused-ring (bicyclic) bond motifs is 6. The molecule has 0 spiro atoms. The van der Waals surface area contributed by atoms with E-state index in [9.17, 15) is 0 Å². The Hall–Kier alpha value is -6.85. The van der Waals surface area contributed by atoms with E-state index in [1.54, 1.807) is 0 Å². The van der Waals surface area contributed by atoms with E-state index < -0.39 is 0 Å². The molecule has 0 fully saturated rings. The zero-order chi connectivity index (χ0) is 37.4. The molecule has 0 aliphatic carbocycles. The van der Waals surface area contributed by atoms with Crippen LogP contribution in [0.2, 0.25) is 0 Å². The standard InChI is InChI=1S/C50H39N5/c1-30-11-10-12-35(25-30)36-19-23-48(54-44-15-8-6-13-38(44)40-26-31(2)17-21-46(40)54)42(28-36)43-29-37(50-52-33(4)51-34(5)53-50)20-24-49(43)55-45-16-9-7-14-39(45)41-27-32(3)18-22-47(41)55/h6-29H,1-5H3. The van der Waals surface area contributed by atoms with Crippen LogP contribution >= 0.6 is 0 Å². The van der Waals surface area contributed by atoms with Crippen molar-refractivity contribution in [1.82, 2.24) is 24.1 Å². The fourth-order valence-electron chi connectivity index (χ4n) is 8.47. The molecule has 0 radical (unpaired) electrons. The maximum absolute atomic E-state index is 4.84. The van der Waals surface area contributed by atoms with Gasteiger partial charge in [-0.05, 0) is 112 Å². The summed E-state index contributed by atoms with van der Waals surface area (Å²) in [7, 11) is 0. The van der Waals surface area contributed by atoms with Crippen LogP contribution in [0.5, 0.6) is 0 Å². The SMILES string of the molecule is Cc1cccc(-c2ccc(-n3c4ccccc4c4cc(C)ccc43)c(-c3cc(-c4nc(C)nc(C)n4)ccc3-n3c4ccccc4c4cc(C)ccc43)c2)c1. The first-order valence-corrected chi connectivity index (χ1v) is 18.9. The number of hydrogen-bond acceptors (Lipinski definition) is 3. The maximum atomic E-state index is 4.84. The summed E-state index contributed by atoms with van der Waals surface area (Å²) in [5, 5.41) is 4.94. The van der Waals surface area contributed by atoms with Gasteiger partial charge in [0.15, 0.2) is 5.82 Å². The monoisotopic (exact) mass is 709 g/mol. The molecule has 7 aromatic carbocycles. The molecule has 0 aliphatic rings. The zero-order valence-electron chi connectivity index (χ0n) is 31.6. The highest BCUT2D eigenvalue weighted by Gasteiger charge is 2.22. The van der Waals surface area contributed by atoms with Gasteiger partial charge >= 0.3 is 0 Å². The second-order valence-electron chi connectivity index (χ2n) is 14.8. The molecule has 0 atom stereocenters. The quantitative estimate of drug-likeness (QED) is 0.179. The van der Waals surface area contributed by atoms with Gasteiger partial charge in [0, 0.05) is 38.2 Å². The Morgan fingerprint density at radius 2 is 0.818 bits per heavy atom. The summed E-state index contributed by atoms with van der Waals surface area (Å²) in [6, 6.07) is 53.5. The van der Waals surface area contributed by atoms with Crippen molar-refractivity contribution in [2.75, 3.05) is 0 Å². The van der Waals surface area contributed by atoms with Gasteiger partial charge in [-0.25, -0.2) is 15.0 Å². The molecule has 10 rings (SSSR count). The van der Waals surface area contributed by atoms with Gasteiger partial charge < -0.3 is 9.13 Å². The lowest BCUT2D eigenvalue weighted by Gasteiger charge is -2.21. The van der Waals surface area contributed by atoms with E-state index in [4.69, 9.17) is 9.97 Å². The first-order valence-electron chi connectivity index (χ1n) is 18.9. The predicted molar refractivity (Wildman–Crippen MR) is 228 cm³/mol. The molecular weight excluding hydrogens is 671 g/mol. The Morgan fingerprint density at radius 1 is 0.345 bits per heavy atom. The molecule has 5 nitrogen and oxygen atoms in total. The topological polar surface area (TPSA) is 48.5 Å². The van der Waals surface area contributed by atoms with E-state index in [1.807, 2.05) is 13.8 Å². The smallest absolute Gasteiger partial charge is 0.163 e. The lowest BCUT2D eigenvalue weighted by atomic mass is 9.94. The summed E-state index contributed by atoms with van der Waals surface area (Å²) < 4.78 is 4.88. The molecule has 0 amide bonds. The van der Waals surface area contributed by atoms with Crippen molar-refractivity contribution < 1.29 is 0 Å². The van der Waals surface area contributed by atoms with Crippen LogP contribution < -0.4 is 0 Å². The number of nitrogens with zero attached hydrogens (tertiary/aromatic N) is 5. The number of aromatic nitrogens is 5. The third-order valence-corrected chi connectivity index (χ3v) is 10.9. The maximum Gasteiger partial charge on any atom is 0.163 e. The number of para-hydroxylation sites is 2. The Labute approximate surface area is 320 Å². The Morgan fingerprint density at radius 3 is 1.38 bits per heavy atom. The van der Waals surface area contributed by atoms with Crippen molar-refractivity contribution in [3.8, 4) is 45.0 Å². The average molecular weight is 710 g/mol. The van der Waals surface area contributed by atoms with Crippen LogP contribution in [0, 0.1) is 34.6 Å². The average Bonchev–Trinajstić information content (AvgIpc) is 3.69. The molecule has 0 aliphatic heterocycles. The highest BCUT2D eigenvalue weighted by atomic mass is 15.0. The molecule has 0 saturated heterocycles. The summed E-state index contributed by atoms with van der Waals surface area (Å²) in [4.78, 5) is 14.2. The molecule has 5 heteroatoms. The third kappa shape index (κ3) is 5.42. The first kappa shape index (κ1) is 32.8. The Bertz CT molecular complexity index is 3140. The van der Waals surface area contributed by atoms with Gasteiger partial charge in [0.1, 0.15) is 11.6 Å². The van der Waals surface area contributed by atoms with Gasteiger partial charge in [-0.2, -0.15) is 0 Å². The minimum atomic E-state index is 0.666. The Kier molecular flexibility index (Phi) is 7.53. The third-order valence-electron chi connectivity index (χ3n) is 10.9. The van der Waals surface area contributed by atoms with Crippen molar-refractivity contribution in [2.45, 2.75) is 34.6 Å². The molecule has 0 N–H and O–H groups in total. The van der Waals surface area contributed by atoms with Crippen LogP contribution in [0.1, 0.15) is 28.3 Å². The second kappa shape index (κ2) is 12.6. The van der Waals surface area contributed by atoms with Gasteiger partial charge in [0.2, 0.25) is 0 Å². The molecular formula is C50H39N5. The summed E-state index contributed by atoms with van der Waals surface area (Å²) >= 11 is 0. The number of benzene rings is 7. The molecule has 3 aromatic heterocycles. The molecule has 55 heavy (non-hydrogen) atoms. The van der Waals surface area contributed by atoms with Crippen LogP contribution in [-0.2, 0) is 0 Å². The van der Waals surface area contributed by atoms with Crippen LogP contribution in [0.3, 0.4) is 0 Å². The fraction of sp³-hybridized carbons (Fsp3) is 0.100. The van der Waals surface area contributed by atoms with E-state index in [0.717, 1.165) is 44.7 Å². The summed E-state index contributed by atoms with van der Waals surface area (Å²) in [5.41, 5.74) is 16.0. The predicted octanol–water partition coefficient (Wildman–Crippen LogP) is 12.6. The van der Waals surface area contributed by atoms with Crippen molar-refractivity contribution >= 4 is 43.6 Å². The first-order chi connectivity index (χ1) is 26.8. The van der Waals surface area contributed by atoms with E-state index in [1.165, 1.54) is 54.8 Å². The normalized spacial score (nSPS) is 11.7. The van der Waals surface area contributed by atoms with E-state index >= 15 is 0 Å². The molecule has 0 saturated carbocycles. The lowest BCUT2D eigenvalue weighted by molar-refractivity contribution is 0.928. The van der Waals surface area contributed by atoms with E-state index in [0.29, 0.717) is 17.5 Å². The van der Waals surface area contributed by atoms with Crippen LogP contribution in [0.15, 0.2) is 146 Å². The van der Waals surface area contributed by atoms with Gasteiger partial charge in [-0.1, -0.05) is 95.6 Å². The van der Waals surface area contributed by atoms with Gasteiger partial charge in [-0.3, -0.25) is 0 Å². The molecule has 10 aromatic rings. The van der Waals surface area contributed by atoms with Crippen molar-refractivity contribution in [3.63, 3.8) is 0 Å². The fourth-order valence-corrected chi connectivity index (χ4v) is 8.47. The lowest BCUT2D eigenvalue weighted by Crippen LogP contribution is -2.04. The molecule has 264 valence electrons. The van der Waals surface area contributed by atoms with E-state index in [2.05, 4.69) is 180 Å². The highest BCUT2D eigenvalue weighted by molar-refractivity contribution is 6.12. The van der Waals surface area contributed by atoms with Crippen LogP contribution in [-0.4, -0.2) is 24.1 Å². The summed E-state index contributed by atoms with van der Waals surface area (Å²) in [6.07, 6.45) is 0. The van der Waals surface area contributed by atoms with Gasteiger partial charge in [0.05, 0.1) is 33.4 Å². The minimum absolute atomic E-state index is 0.666. The van der Waals surface area contributed by atoms with Gasteiger partial charge in [0.25, 0.3) is 0 Å². The minimum Gasteiger partial charge on any atom is -0.309 e. The highest BCUT2D eigenvalue weighted by Crippen LogP contribution is 2.43. The summed E-state index contributed by atoms with van der Waals surface area (Å²) in [5.74, 6) is 2.07. The largest absolute Gasteiger partial charge is 0.309 e.